The van der Waals surface area contributed by atoms with Crippen LogP contribution in [0.2, 0.25) is 0 Å². The summed E-state index contributed by atoms with van der Waals surface area (Å²) in [7, 11) is 1.59. The minimum absolute atomic E-state index is 0.0601. The van der Waals surface area contributed by atoms with E-state index in [1.165, 1.54) is 34.1 Å². The van der Waals surface area contributed by atoms with Gasteiger partial charge in [-0.2, -0.15) is 18.3 Å². The molecular formula is C22H21F3N10O5. The van der Waals surface area contributed by atoms with Crippen LogP contribution in [0.4, 0.5) is 29.5 Å². The van der Waals surface area contributed by atoms with Crippen molar-refractivity contribution in [3.05, 3.63) is 46.9 Å². The highest BCUT2D eigenvalue weighted by atomic mass is 19.4. The second-order valence-corrected chi connectivity index (χ2v) is 9.13. The summed E-state index contributed by atoms with van der Waals surface area (Å²) in [5.41, 5.74) is 8.11. The Morgan fingerprint density at radius 1 is 1.38 bits per heavy atom. The molecule has 4 rings (SSSR count). The van der Waals surface area contributed by atoms with Crippen LogP contribution in [-0.4, -0.2) is 63.0 Å². The minimum Gasteiger partial charge on any atom is -0.444 e. The van der Waals surface area contributed by atoms with Crippen LogP contribution in [0.25, 0.3) is 21.9 Å². The quantitative estimate of drug-likeness (QED) is 0.248. The molecule has 0 spiro atoms. The first-order chi connectivity index (χ1) is 18.8. The smallest absolute Gasteiger partial charge is 0.414 e. The van der Waals surface area contributed by atoms with Crippen molar-refractivity contribution in [2.45, 2.75) is 26.1 Å². The summed E-state index contributed by atoms with van der Waals surface area (Å²) >= 11 is 0. The van der Waals surface area contributed by atoms with Gasteiger partial charge in [0.15, 0.2) is 11.5 Å². The van der Waals surface area contributed by atoms with Crippen molar-refractivity contribution in [3.63, 3.8) is 0 Å². The Balaban J connectivity index is 1.48. The van der Waals surface area contributed by atoms with Gasteiger partial charge in [-0.3, -0.25) is 19.2 Å². The Morgan fingerprint density at radius 2 is 2.12 bits per heavy atom. The van der Waals surface area contributed by atoms with Crippen molar-refractivity contribution < 1.29 is 36.7 Å². The number of nitrogens with one attached hydrogen (secondary N) is 2. The number of rotatable bonds is 7. The summed E-state index contributed by atoms with van der Waals surface area (Å²) in [6.07, 6.45) is -2.25. The molecule has 1 saturated heterocycles. The predicted molar refractivity (Wildman–Crippen MR) is 130 cm³/mol. The number of carbonyl (C=O) groups is 3. The summed E-state index contributed by atoms with van der Waals surface area (Å²) in [5.74, 6) is -1.32. The fourth-order valence-electron chi connectivity index (χ4n) is 3.76. The number of hydrogen-bond donors (Lipinski definition) is 2. The molecule has 40 heavy (non-hydrogen) atoms. The van der Waals surface area contributed by atoms with E-state index in [0.29, 0.717) is 0 Å². The van der Waals surface area contributed by atoms with Gasteiger partial charge in [-0.1, -0.05) is 19.0 Å². The Bertz CT molecular complexity index is 1510. The lowest BCUT2D eigenvalue weighted by Gasteiger charge is -2.19. The number of pyridine rings is 1. The van der Waals surface area contributed by atoms with Gasteiger partial charge in [0.05, 0.1) is 17.7 Å². The maximum Gasteiger partial charge on any atom is 0.414 e. The molecule has 1 aliphatic rings. The van der Waals surface area contributed by atoms with E-state index in [0.717, 1.165) is 6.26 Å². The van der Waals surface area contributed by atoms with Gasteiger partial charge in [0.25, 0.3) is 5.91 Å². The van der Waals surface area contributed by atoms with E-state index in [-0.39, 0.29) is 47.0 Å². The monoisotopic (exact) mass is 562 g/mol. The standard InChI is InChI=1S/C22H21F3N10O5/c1-21(2)14(31-33-26)8-35(19(21)37)16-12(7-34(3)32-16)29-17(36)13-9-39-18(30-13)11-4-5-27-15(6-11)40-20(38)28-10-22(23,24)25/h4-7,9,14H,8,10H2,1-3H3,(H,28,38)(H,29,36). The maximum atomic E-state index is 13.0. The molecule has 18 heteroatoms. The predicted octanol–water partition coefficient (Wildman–Crippen LogP) is 3.42. The van der Waals surface area contributed by atoms with Crippen LogP contribution < -0.4 is 20.3 Å². The molecule has 0 radical (unpaired) electrons. The zero-order chi connectivity index (χ0) is 29.2. The first-order valence-electron chi connectivity index (χ1n) is 11.4. The molecule has 3 aromatic heterocycles. The largest absolute Gasteiger partial charge is 0.444 e. The van der Waals surface area contributed by atoms with Crippen LogP contribution >= 0.6 is 0 Å². The van der Waals surface area contributed by atoms with Gasteiger partial charge in [-0.15, -0.1) is 0 Å². The van der Waals surface area contributed by atoms with Crippen molar-refractivity contribution >= 4 is 29.4 Å². The molecule has 0 saturated carbocycles. The van der Waals surface area contributed by atoms with E-state index in [1.54, 1.807) is 26.2 Å². The first-order valence-corrected chi connectivity index (χ1v) is 11.4. The van der Waals surface area contributed by atoms with Crippen LogP contribution in [-0.2, 0) is 11.8 Å². The molecule has 3 aromatic rings. The summed E-state index contributed by atoms with van der Waals surface area (Å²) in [6.45, 7) is 1.78. The topological polar surface area (TPSA) is 193 Å². The molecule has 0 aromatic carbocycles. The summed E-state index contributed by atoms with van der Waals surface area (Å²) in [6, 6.07) is 1.94. The third-order valence-corrected chi connectivity index (χ3v) is 5.84. The van der Waals surface area contributed by atoms with Crippen LogP contribution in [0, 0.1) is 5.41 Å². The van der Waals surface area contributed by atoms with Gasteiger partial charge in [0.1, 0.15) is 18.5 Å². The second kappa shape index (κ2) is 10.6. The van der Waals surface area contributed by atoms with Crippen LogP contribution in [0.3, 0.4) is 0 Å². The highest BCUT2D eigenvalue weighted by Crippen LogP contribution is 2.38. The SMILES string of the molecule is Cn1cc(NC(=O)c2coc(-c3ccnc(OC(=O)NCC(F)(F)F)c3)n2)c(N2CC(N=[N+]=[N-])C(C)(C)C2=O)n1. The van der Waals surface area contributed by atoms with Gasteiger partial charge >= 0.3 is 12.3 Å². The fraction of sp³-hybridized carbons (Fsp3) is 0.364. The average Bonchev–Trinajstić information content (AvgIpc) is 3.56. The number of nitrogens with zero attached hydrogens (tertiary/aromatic N) is 8. The molecule has 0 aliphatic carbocycles. The number of aryl methyl sites for hydroxylation is 1. The third-order valence-electron chi connectivity index (χ3n) is 5.84. The molecule has 210 valence electrons. The number of halogens is 3. The second-order valence-electron chi connectivity index (χ2n) is 9.13. The number of carbonyl (C=O) groups excluding carboxylic acids is 3. The van der Waals surface area contributed by atoms with E-state index < -0.39 is 36.2 Å². The molecule has 1 unspecified atom stereocenters. The Labute approximate surface area is 222 Å². The van der Waals surface area contributed by atoms with E-state index in [2.05, 4.69) is 30.4 Å². The van der Waals surface area contributed by atoms with E-state index in [1.807, 2.05) is 0 Å². The lowest BCUT2D eigenvalue weighted by molar-refractivity contribution is -0.124. The van der Waals surface area contributed by atoms with Gasteiger partial charge in [0.2, 0.25) is 17.7 Å². The van der Waals surface area contributed by atoms with Gasteiger partial charge < -0.3 is 19.8 Å². The molecule has 15 nitrogen and oxygen atoms in total. The zero-order valence-electron chi connectivity index (χ0n) is 21.1. The number of hydrogen-bond acceptors (Lipinski definition) is 9. The van der Waals surface area contributed by atoms with Crippen LogP contribution in [0.15, 0.2) is 40.3 Å². The number of oxazole rings is 1. The van der Waals surface area contributed by atoms with Crippen molar-refractivity contribution in [2.75, 3.05) is 23.3 Å². The van der Waals surface area contributed by atoms with Crippen molar-refractivity contribution in [2.24, 2.45) is 17.6 Å². The van der Waals surface area contributed by atoms with Crippen molar-refractivity contribution in [3.8, 4) is 17.3 Å². The summed E-state index contributed by atoms with van der Waals surface area (Å²) < 4.78 is 48.3. The highest BCUT2D eigenvalue weighted by molar-refractivity contribution is 6.07. The highest BCUT2D eigenvalue weighted by Gasteiger charge is 2.48. The molecule has 1 aliphatic heterocycles. The first kappa shape index (κ1) is 27.9. The lowest BCUT2D eigenvalue weighted by Crippen LogP contribution is -2.35. The number of amides is 3. The fourth-order valence-corrected chi connectivity index (χ4v) is 3.76. The Hall–Kier alpha value is -5.12. The average molecular weight is 562 g/mol. The van der Waals surface area contributed by atoms with Crippen molar-refractivity contribution in [1.29, 1.82) is 0 Å². The number of alkyl halides is 3. The molecular weight excluding hydrogens is 541 g/mol. The minimum atomic E-state index is -4.62. The molecule has 1 fully saturated rings. The molecule has 4 heterocycles. The Kier molecular flexibility index (Phi) is 7.37. The van der Waals surface area contributed by atoms with E-state index in [4.69, 9.17) is 14.7 Å². The molecule has 3 amide bonds. The molecule has 0 bridgehead atoms. The number of aromatic nitrogens is 4. The van der Waals surface area contributed by atoms with Crippen molar-refractivity contribution in [1.82, 2.24) is 25.1 Å². The number of anilines is 2. The number of ether oxygens (including phenoxy) is 1. The van der Waals surface area contributed by atoms with Gasteiger partial charge in [-0.05, 0) is 11.6 Å². The maximum absolute atomic E-state index is 13.0. The van der Waals surface area contributed by atoms with E-state index >= 15 is 0 Å². The third kappa shape index (κ3) is 5.96. The molecule has 2 N–H and O–H groups in total. The lowest BCUT2D eigenvalue weighted by atomic mass is 9.88. The normalized spacial score (nSPS) is 16.4. The summed E-state index contributed by atoms with van der Waals surface area (Å²) in [5, 5.41) is 12.2. The van der Waals surface area contributed by atoms with Crippen LogP contribution in [0.1, 0.15) is 24.3 Å². The van der Waals surface area contributed by atoms with E-state index in [9.17, 15) is 27.6 Å². The zero-order valence-corrected chi connectivity index (χ0v) is 21.1. The van der Waals surface area contributed by atoms with Gasteiger partial charge in [0, 0.05) is 36.3 Å². The number of azide groups is 1. The van der Waals surface area contributed by atoms with Crippen LogP contribution in [0.5, 0.6) is 5.88 Å². The molecule has 1 atom stereocenters. The Morgan fingerprint density at radius 3 is 2.83 bits per heavy atom. The summed E-state index contributed by atoms with van der Waals surface area (Å²) in [4.78, 5) is 49.6. The van der Waals surface area contributed by atoms with Gasteiger partial charge in [-0.25, -0.2) is 14.8 Å².